The molecule has 1 aliphatic rings. The fourth-order valence-electron chi connectivity index (χ4n) is 2.59. The summed E-state index contributed by atoms with van der Waals surface area (Å²) in [4.78, 5) is 16.2. The largest absolute Gasteiger partial charge is 0.375 e. The van der Waals surface area contributed by atoms with Crippen LogP contribution in [-0.4, -0.2) is 26.7 Å². The van der Waals surface area contributed by atoms with E-state index in [0.717, 1.165) is 22.7 Å². The zero-order valence-corrected chi connectivity index (χ0v) is 11.5. The van der Waals surface area contributed by atoms with Crippen molar-refractivity contribution in [1.82, 2.24) is 0 Å². The fourth-order valence-corrected chi connectivity index (χ4v) is 2.59. The number of benzene rings is 2. The van der Waals surface area contributed by atoms with Crippen molar-refractivity contribution in [2.75, 3.05) is 30.6 Å². The van der Waals surface area contributed by atoms with Crippen molar-refractivity contribution >= 4 is 28.7 Å². The molecule has 20 heavy (non-hydrogen) atoms. The first-order chi connectivity index (χ1) is 9.74. The zero-order valence-electron chi connectivity index (χ0n) is 11.5. The van der Waals surface area contributed by atoms with Crippen LogP contribution in [0.25, 0.3) is 0 Å². The van der Waals surface area contributed by atoms with Crippen LogP contribution in [0, 0.1) is 0 Å². The highest BCUT2D eigenvalue weighted by Gasteiger charge is 2.29. The van der Waals surface area contributed by atoms with Gasteiger partial charge in [0.05, 0.1) is 22.7 Å². The van der Waals surface area contributed by atoms with E-state index < -0.39 is 0 Å². The third kappa shape index (κ3) is 1.85. The Hall–Kier alpha value is -2.33. The molecule has 3 rings (SSSR count). The van der Waals surface area contributed by atoms with Crippen LogP contribution in [-0.2, 0) is 9.53 Å². The van der Waals surface area contributed by atoms with E-state index in [1.54, 1.807) is 4.90 Å². The van der Waals surface area contributed by atoms with Gasteiger partial charge in [-0.15, -0.1) is 0 Å². The van der Waals surface area contributed by atoms with Gasteiger partial charge in [0.15, 0.2) is 0 Å². The average molecular weight is 268 g/mol. The Morgan fingerprint density at radius 2 is 1.40 bits per heavy atom. The second kappa shape index (κ2) is 4.98. The summed E-state index contributed by atoms with van der Waals surface area (Å²) in [5.41, 5.74) is 3.79. The van der Waals surface area contributed by atoms with Gasteiger partial charge in [-0.1, -0.05) is 24.3 Å². The first-order valence-corrected chi connectivity index (χ1v) is 6.47. The van der Waals surface area contributed by atoms with Gasteiger partial charge in [-0.2, -0.15) is 0 Å². The number of amides is 1. The Labute approximate surface area is 118 Å². The Morgan fingerprint density at radius 1 is 0.950 bits per heavy atom. The summed E-state index contributed by atoms with van der Waals surface area (Å²) < 4.78 is 5.01. The monoisotopic (exact) mass is 268 g/mol. The van der Waals surface area contributed by atoms with E-state index in [1.165, 1.54) is 7.11 Å². The Balaban J connectivity index is 2.19. The van der Waals surface area contributed by atoms with E-state index in [-0.39, 0.29) is 12.5 Å². The lowest BCUT2D eigenvalue weighted by molar-refractivity contribution is -0.121. The normalized spacial score (nSPS) is 12.9. The number of carbonyl (C=O) groups is 1. The van der Waals surface area contributed by atoms with E-state index in [0.29, 0.717) is 0 Å². The number of hydrogen-bond acceptors (Lipinski definition) is 3. The molecule has 1 amide bonds. The molecule has 0 aliphatic carbocycles. The minimum absolute atomic E-state index is 0.0619. The number of fused-ring (bicyclic) bond motifs is 2. The Morgan fingerprint density at radius 3 is 1.85 bits per heavy atom. The minimum atomic E-state index is -0.0690. The number of hydrogen-bond donors (Lipinski definition) is 0. The SMILES string of the molecule is COCC(=O)N1c2ccccc2N(C)c2ccccc21. The van der Waals surface area contributed by atoms with Crippen molar-refractivity contribution in [1.29, 1.82) is 0 Å². The van der Waals surface area contributed by atoms with E-state index in [2.05, 4.69) is 4.90 Å². The molecule has 4 heteroatoms. The molecular weight excluding hydrogens is 252 g/mol. The fraction of sp³-hybridized carbons (Fsp3) is 0.188. The lowest BCUT2D eigenvalue weighted by Crippen LogP contribution is -2.34. The number of carbonyl (C=O) groups excluding carboxylic acids is 1. The maximum absolute atomic E-state index is 12.4. The maximum atomic E-state index is 12.4. The molecule has 0 saturated heterocycles. The van der Waals surface area contributed by atoms with Crippen LogP contribution in [0.5, 0.6) is 0 Å². The van der Waals surface area contributed by atoms with Gasteiger partial charge in [-0.3, -0.25) is 9.69 Å². The summed E-state index contributed by atoms with van der Waals surface area (Å²) in [6.45, 7) is 0.0619. The van der Waals surface area contributed by atoms with Gasteiger partial charge in [0.25, 0.3) is 5.91 Å². The van der Waals surface area contributed by atoms with Gasteiger partial charge in [-0.25, -0.2) is 0 Å². The molecule has 1 heterocycles. The first-order valence-electron chi connectivity index (χ1n) is 6.47. The van der Waals surface area contributed by atoms with E-state index in [1.807, 2.05) is 55.6 Å². The van der Waals surface area contributed by atoms with Crippen molar-refractivity contribution in [3.8, 4) is 0 Å². The Kier molecular flexibility index (Phi) is 3.16. The van der Waals surface area contributed by atoms with E-state index in [9.17, 15) is 4.79 Å². The molecule has 4 nitrogen and oxygen atoms in total. The zero-order chi connectivity index (χ0) is 14.1. The molecule has 1 aliphatic heterocycles. The lowest BCUT2D eigenvalue weighted by Gasteiger charge is -2.37. The molecule has 0 spiro atoms. The lowest BCUT2D eigenvalue weighted by atomic mass is 10.1. The van der Waals surface area contributed by atoms with E-state index >= 15 is 0 Å². The highest BCUT2D eigenvalue weighted by molar-refractivity contribution is 6.09. The van der Waals surface area contributed by atoms with Crippen molar-refractivity contribution in [2.45, 2.75) is 0 Å². The molecule has 0 N–H and O–H groups in total. The van der Waals surface area contributed by atoms with Crippen LogP contribution in [0.2, 0.25) is 0 Å². The summed E-state index contributed by atoms with van der Waals surface area (Å²) in [5, 5.41) is 0. The molecule has 0 bridgehead atoms. The van der Waals surface area contributed by atoms with Crippen LogP contribution in [0.4, 0.5) is 22.7 Å². The standard InChI is InChI=1S/C16H16N2O2/c1-17-12-7-3-5-9-14(12)18(16(19)11-20-2)15-10-6-4-8-13(15)17/h3-10H,11H2,1-2H3. The topological polar surface area (TPSA) is 32.8 Å². The molecule has 2 aromatic carbocycles. The molecule has 0 saturated carbocycles. The summed E-state index contributed by atoms with van der Waals surface area (Å²) in [6, 6.07) is 15.8. The summed E-state index contributed by atoms with van der Waals surface area (Å²) in [6.07, 6.45) is 0. The van der Waals surface area contributed by atoms with Crippen molar-refractivity contribution < 1.29 is 9.53 Å². The van der Waals surface area contributed by atoms with Crippen molar-refractivity contribution in [2.24, 2.45) is 0 Å². The number of rotatable bonds is 2. The molecule has 0 atom stereocenters. The van der Waals surface area contributed by atoms with Gasteiger partial charge in [0, 0.05) is 14.2 Å². The number of methoxy groups -OCH3 is 1. The third-order valence-electron chi connectivity index (χ3n) is 3.49. The van der Waals surface area contributed by atoms with Gasteiger partial charge < -0.3 is 9.64 Å². The molecule has 102 valence electrons. The second-order valence-electron chi connectivity index (χ2n) is 4.70. The minimum Gasteiger partial charge on any atom is -0.375 e. The molecule has 0 fully saturated rings. The highest BCUT2D eigenvalue weighted by atomic mass is 16.5. The number of ether oxygens (including phenoxy) is 1. The van der Waals surface area contributed by atoms with Crippen molar-refractivity contribution in [3.63, 3.8) is 0 Å². The van der Waals surface area contributed by atoms with Crippen LogP contribution in [0.1, 0.15) is 0 Å². The van der Waals surface area contributed by atoms with Gasteiger partial charge in [0.2, 0.25) is 0 Å². The van der Waals surface area contributed by atoms with Crippen LogP contribution >= 0.6 is 0 Å². The number of para-hydroxylation sites is 4. The predicted molar refractivity (Wildman–Crippen MR) is 80.0 cm³/mol. The molecule has 2 aromatic rings. The van der Waals surface area contributed by atoms with Gasteiger partial charge in [0.1, 0.15) is 6.61 Å². The molecular formula is C16H16N2O2. The molecule has 0 unspecified atom stereocenters. The smallest absolute Gasteiger partial charge is 0.257 e. The molecule has 0 radical (unpaired) electrons. The number of nitrogens with zero attached hydrogens (tertiary/aromatic N) is 2. The maximum Gasteiger partial charge on any atom is 0.257 e. The van der Waals surface area contributed by atoms with Crippen LogP contribution in [0.15, 0.2) is 48.5 Å². The predicted octanol–water partition coefficient (Wildman–Crippen LogP) is 3.08. The third-order valence-corrected chi connectivity index (χ3v) is 3.49. The number of anilines is 4. The van der Waals surface area contributed by atoms with E-state index in [4.69, 9.17) is 4.74 Å². The summed E-state index contributed by atoms with van der Waals surface area (Å²) >= 11 is 0. The summed E-state index contributed by atoms with van der Waals surface area (Å²) in [7, 11) is 3.54. The Bertz CT molecular complexity index is 607. The second-order valence-corrected chi connectivity index (χ2v) is 4.70. The quantitative estimate of drug-likeness (QED) is 0.839. The van der Waals surface area contributed by atoms with Gasteiger partial charge >= 0.3 is 0 Å². The molecule has 0 aromatic heterocycles. The highest BCUT2D eigenvalue weighted by Crippen LogP contribution is 2.46. The average Bonchev–Trinajstić information content (AvgIpc) is 2.48. The van der Waals surface area contributed by atoms with Crippen LogP contribution in [0.3, 0.4) is 0 Å². The van der Waals surface area contributed by atoms with Crippen LogP contribution < -0.4 is 9.80 Å². The summed E-state index contributed by atoms with van der Waals surface area (Å²) in [5.74, 6) is -0.0690. The van der Waals surface area contributed by atoms with Crippen molar-refractivity contribution in [3.05, 3.63) is 48.5 Å². The first kappa shape index (κ1) is 12.7. The van der Waals surface area contributed by atoms with Gasteiger partial charge in [-0.05, 0) is 24.3 Å².